The quantitative estimate of drug-likeness (QED) is 0.414. The van der Waals surface area contributed by atoms with Crippen LogP contribution >= 0.6 is 0 Å². The van der Waals surface area contributed by atoms with Crippen LogP contribution in [0.4, 0.5) is 0 Å². The van der Waals surface area contributed by atoms with Gasteiger partial charge in [0.05, 0.1) is 0 Å². The van der Waals surface area contributed by atoms with E-state index in [4.69, 9.17) is 0 Å². The summed E-state index contributed by atoms with van der Waals surface area (Å²) in [6.45, 7) is 4.64. The third kappa shape index (κ3) is 4.83. The number of hydrogen-bond acceptors (Lipinski definition) is 0. The van der Waals surface area contributed by atoms with Crippen molar-refractivity contribution in [2.75, 3.05) is 0 Å². The Labute approximate surface area is 89.8 Å². The van der Waals surface area contributed by atoms with Gasteiger partial charge in [-0.1, -0.05) is 58.1 Å². The lowest BCUT2D eigenvalue weighted by Crippen LogP contribution is -1.92. The fraction of sp³-hybridized carbons (Fsp3) is 0.857. The van der Waals surface area contributed by atoms with Crippen LogP contribution in [0.3, 0.4) is 0 Å². The first kappa shape index (κ1) is 11.8. The summed E-state index contributed by atoms with van der Waals surface area (Å²) in [4.78, 5) is 0. The molecule has 1 fully saturated rings. The fourth-order valence-corrected chi connectivity index (χ4v) is 2.31. The standard InChI is InChI=1S/C14H26/c1-3-4-5-8-13(2)11-12-14-9-6-7-10-14/h11-14H,3-10H2,1-2H3/b12-11+/t13-/m1/s1. The van der Waals surface area contributed by atoms with E-state index >= 15 is 0 Å². The van der Waals surface area contributed by atoms with Gasteiger partial charge in [0.25, 0.3) is 0 Å². The Kier molecular flexibility index (Phi) is 5.98. The Morgan fingerprint density at radius 1 is 1.21 bits per heavy atom. The molecule has 1 atom stereocenters. The van der Waals surface area contributed by atoms with Crippen molar-refractivity contribution in [3.8, 4) is 0 Å². The summed E-state index contributed by atoms with van der Waals surface area (Å²) in [5.74, 6) is 1.73. The maximum absolute atomic E-state index is 2.49. The highest BCUT2D eigenvalue weighted by molar-refractivity contribution is 4.93. The van der Waals surface area contributed by atoms with Gasteiger partial charge in [-0.2, -0.15) is 0 Å². The average molecular weight is 194 g/mol. The molecule has 0 heterocycles. The average Bonchev–Trinajstić information content (AvgIpc) is 2.68. The van der Waals surface area contributed by atoms with Crippen molar-refractivity contribution in [2.45, 2.75) is 65.2 Å². The molecular formula is C14H26. The lowest BCUT2D eigenvalue weighted by atomic mass is 9.99. The maximum Gasteiger partial charge on any atom is -0.0233 e. The van der Waals surface area contributed by atoms with E-state index in [9.17, 15) is 0 Å². The number of rotatable bonds is 6. The molecule has 1 rings (SSSR count). The van der Waals surface area contributed by atoms with Crippen LogP contribution in [0.5, 0.6) is 0 Å². The molecule has 0 saturated heterocycles. The second kappa shape index (κ2) is 7.09. The summed E-state index contributed by atoms with van der Waals surface area (Å²) in [5, 5.41) is 0. The Morgan fingerprint density at radius 3 is 2.57 bits per heavy atom. The SMILES string of the molecule is CCCCC[C@@H](C)/C=C/C1CCCC1. The van der Waals surface area contributed by atoms with E-state index in [1.807, 2.05) is 0 Å². The van der Waals surface area contributed by atoms with Gasteiger partial charge in [0.1, 0.15) is 0 Å². The Bertz CT molecular complexity index is 151. The van der Waals surface area contributed by atoms with Crippen molar-refractivity contribution < 1.29 is 0 Å². The Hall–Kier alpha value is -0.260. The molecule has 0 aromatic heterocycles. The van der Waals surface area contributed by atoms with Crippen LogP contribution in [0.2, 0.25) is 0 Å². The molecule has 0 N–H and O–H groups in total. The van der Waals surface area contributed by atoms with Gasteiger partial charge in [-0.3, -0.25) is 0 Å². The number of allylic oxidation sites excluding steroid dienone is 2. The van der Waals surface area contributed by atoms with Crippen LogP contribution < -0.4 is 0 Å². The van der Waals surface area contributed by atoms with Crippen LogP contribution in [-0.2, 0) is 0 Å². The molecule has 0 aromatic carbocycles. The van der Waals surface area contributed by atoms with E-state index < -0.39 is 0 Å². The summed E-state index contributed by atoms with van der Waals surface area (Å²) in [6, 6.07) is 0. The highest BCUT2D eigenvalue weighted by Crippen LogP contribution is 2.26. The molecule has 1 aliphatic carbocycles. The predicted molar refractivity (Wildman–Crippen MR) is 64.4 cm³/mol. The van der Waals surface area contributed by atoms with Crippen LogP contribution in [0.1, 0.15) is 65.2 Å². The smallest absolute Gasteiger partial charge is 0.0233 e. The normalized spacial score (nSPS) is 20.7. The molecule has 0 aromatic rings. The van der Waals surface area contributed by atoms with E-state index in [1.54, 1.807) is 0 Å². The topological polar surface area (TPSA) is 0 Å². The van der Waals surface area contributed by atoms with Gasteiger partial charge in [0.15, 0.2) is 0 Å². The Morgan fingerprint density at radius 2 is 1.93 bits per heavy atom. The van der Waals surface area contributed by atoms with E-state index in [0.29, 0.717) is 0 Å². The Balaban J connectivity index is 2.08. The summed E-state index contributed by atoms with van der Waals surface area (Å²) in [6.07, 6.45) is 16.3. The second-order valence-electron chi connectivity index (χ2n) is 4.90. The first-order valence-corrected chi connectivity index (χ1v) is 6.51. The van der Waals surface area contributed by atoms with Gasteiger partial charge in [0.2, 0.25) is 0 Å². The van der Waals surface area contributed by atoms with Gasteiger partial charge in [0, 0.05) is 0 Å². The van der Waals surface area contributed by atoms with Crippen molar-refractivity contribution in [3.05, 3.63) is 12.2 Å². The molecule has 0 heteroatoms. The van der Waals surface area contributed by atoms with Crippen LogP contribution in [-0.4, -0.2) is 0 Å². The maximum atomic E-state index is 2.49. The fourth-order valence-electron chi connectivity index (χ4n) is 2.31. The lowest BCUT2D eigenvalue weighted by Gasteiger charge is -2.07. The minimum Gasteiger partial charge on any atom is -0.0854 e. The zero-order valence-electron chi connectivity index (χ0n) is 9.97. The molecule has 0 nitrogen and oxygen atoms in total. The summed E-state index contributed by atoms with van der Waals surface area (Å²) in [7, 11) is 0. The highest BCUT2D eigenvalue weighted by Gasteiger charge is 2.11. The van der Waals surface area contributed by atoms with Gasteiger partial charge in [-0.15, -0.1) is 0 Å². The first-order valence-electron chi connectivity index (χ1n) is 6.51. The van der Waals surface area contributed by atoms with E-state index in [1.165, 1.54) is 51.4 Å². The molecular weight excluding hydrogens is 168 g/mol. The zero-order chi connectivity index (χ0) is 10.2. The number of unbranched alkanes of at least 4 members (excludes halogenated alkanes) is 2. The molecule has 0 aliphatic heterocycles. The largest absolute Gasteiger partial charge is 0.0854 e. The van der Waals surface area contributed by atoms with E-state index in [2.05, 4.69) is 26.0 Å². The van der Waals surface area contributed by atoms with Gasteiger partial charge in [-0.05, 0) is 31.1 Å². The summed E-state index contributed by atoms with van der Waals surface area (Å²) < 4.78 is 0. The third-order valence-electron chi connectivity index (χ3n) is 3.37. The van der Waals surface area contributed by atoms with Crippen molar-refractivity contribution in [1.29, 1.82) is 0 Å². The third-order valence-corrected chi connectivity index (χ3v) is 3.37. The van der Waals surface area contributed by atoms with E-state index in [0.717, 1.165) is 11.8 Å². The van der Waals surface area contributed by atoms with E-state index in [-0.39, 0.29) is 0 Å². The minimum absolute atomic E-state index is 0.808. The van der Waals surface area contributed by atoms with Crippen molar-refractivity contribution in [3.63, 3.8) is 0 Å². The van der Waals surface area contributed by atoms with Crippen LogP contribution in [0.25, 0.3) is 0 Å². The molecule has 0 bridgehead atoms. The molecule has 0 spiro atoms. The molecule has 0 unspecified atom stereocenters. The molecule has 0 radical (unpaired) electrons. The minimum atomic E-state index is 0.808. The summed E-state index contributed by atoms with van der Waals surface area (Å²) >= 11 is 0. The van der Waals surface area contributed by atoms with Crippen molar-refractivity contribution in [2.24, 2.45) is 11.8 Å². The zero-order valence-corrected chi connectivity index (χ0v) is 9.97. The van der Waals surface area contributed by atoms with Gasteiger partial charge < -0.3 is 0 Å². The monoisotopic (exact) mass is 194 g/mol. The first-order chi connectivity index (χ1) is 6.83. The molecule has 1 saturated carbocycles. The molecule has 1 aliphatic rings. The highest BCUT2D eigenvalue weighted by atomic mass is 14.2. The van der Waals surface area contributed by atoms with Gasteiger partial charge >= 0.3 is 0 Å². The van der Waals surface area contributed by atoms with Crippen molar-refractivity contribution >= 4 is 0 Å². The summed E-state index contributed by atoms with van der Waals surface area (Å²) in [5.41, 5.74) is 0. The van der Waals surface area contributed by atoms with Gasteiger partial charge in [-0.25, -0.2) is 0 Å². The second-order valence-corrected chi connectivity index (χ2v) is 4.90. The number of hydrogen-bond donors (Lipinski definition) is 0. The van der Waals surface area contributed by atoms with Crippen LogP contribution in [0, 0.1) is 11.8 Å². The molecule has 14 heavy (non-hydrogen) atoms. The molecule has 0 amide bonds. The van der Waals surface area contributed by atoms with Crippen LogP contribution in [0.15, 0.2) is 12.2 Å². The lowest BCUT2D eigenvalue weighted by molar-refractivity contribution is 0.569. The predicted octanol–water partition coefficient (Wildman–Crippen LogP) is 4.95. The molecule has 82 valence electrons. The van der Waals surface area contributed by atoms with Crippen molar-refractivity contribution in [1.82, 2.24) is 0 Å².